The highest BCUT2D eigenvalue weighted by atomic mass is 35.5. The zero-order valence-electron chi connectivity index (χ0n) is 20.3. The van der Waals surface area contributed by atoms with Crippen LogP contribution in [-0.2, 0) is 16.0 Å². The molecule has 36 heavy (non-hydrogen) atoms. The van der Waals surface area contributed by atoms with Crippen molar-refractivity contribution < 1.29 is 13.9 Å². The first-order valence-corrected chi connectivity index (χ1v) is 14.6. The number of halogens is 1. The van der Waals surface area contributed by atoms with Gasteiger partial charge in [0.25, 0.3) is 5.91 Å². The molecule has 2 aliphatic carbocycles. The van der Waals surface area contributed by atoms with Gasteiger partial charge in [-0.1, -0.05) is 42.0 Å². The Labute approximate surface area is 227 Å². The van der Waals surface area contributed by atoms with Crippen LogP contribution in [0.3, 0.4) is 0 Å². The summed E-state index contributed by atoms with van der Waals surface area (Å²) >= 11 is 13.2. The number of rotatable bonds is 7. The van der Waals surface area contributed by atoms with Crippen LogP contribution in [-0.4, -0.2) is 58.9 Å². The number of nitrogens with zero attached hydrogens (tertiary/aromatic N) is 2. The van der Waals surface area contributed by atoms with Crippen LogP contribution < -0.4 is 0 Å². The Bertz CT molecular complexity index is 1170. The number of furan rings is 1. The van der Waals surface area contributed by atoms with E-state index in [1.54, 1.807) is 0 Å². The first-order valence-electron chi connectivity index (χ1n) is 13.0. The van der Waals surface area contributed by atoms with E-state index in [-0.39, 0.29) is 11.9 Å². The maximum absolute atomic E-state index is 13.5. The minimum atomic E-state index is 0.0475. The molecule has 190 valence electrons. The van der Waals surface area contributed by atoms with Crippen molar-refractivity contribution in [1.29, 1.82) is 0 Å². The first-order chi connectivity index (χ1) is 17.5. The lowest BCUT2D eigenvalue weighted by Gasteiger charge is -2.30. The summed E-state index contributed by atoms with van der Waals surface area (Å²) in [7, 11) is 0. The number of carbonyl (C=O) groups excluding carboxylic acids is 1. The van der Waals surface area contributed by atoms with Crippen molar-refractivity contribution in [3.05, 3.63) is 51.6 Å². The molecule has 4 aliphatic rings. The second kappa shape index (κ2) is 10.6. The zero-order valence-corrected chi connectivity index (χ0v) is 22.7. The SMILES string of the molecule is O=C1C(=Cc2oc(-c3ccc(Cl)cc3)cc2CCCN2CCOCC2)SC(=S)N1C1CC2CCC1C2. The topological polar surface area (TPSA) is 45.9 Å². The summed E-state index contributed by atoms with van der Waals surface area (Å²) in [6.07, 6.45) is 8.70. The average Bonchev–Trinajstić information content (AvgIpc) is 3.66. The van der Waals surface area contributed by atoms with Gasteiger partial charge >= 0.3 is 0 Å². The van der Waals surface area contributed by atoms with Crippen molar-refractivity contribution in [1.82, 2.24) is 9.80 Å². The number of benzene rings is 1. The third-order valence-corrected chi connectivity index (χ3v) is 9.70. The van der Waals surface area contributed by atoms with E-state index in [1.807, 2.05) is 35.2 Å². The molecule has 0 radical (unpaired) electrons. The van der Waals surface area contributed by atoms with Gasteiger partial charge in [-0.15, -0.1) is 0 Å². The van der Waals surface area contributed by atoms with E-state index in [0.717, 1.165) is 80.7 Å². The minimum absolute atomic E-state index is 0.0475. The van der Waals surface area contributed by atoms with Crippen molar-refractivity contribution in [2.24, 2.45) is 11.8 Å². The maximum atomic E-state index is 13.5. The van der Waals surface area contributed by atoms with Crippen LogP contribution in [0.15, 0.2) is 39.7 Å². The molecule has 1 amide bonds. The molecule has 8 heteroatoms. The van der Waals surface area contributed by atoms with Crippen LogP contribution in [0.1, 0.15) is 43.4 Å². The Balaban J connectivity index is 1.24. The van der Waals surface area contributed by atoms with E-state index in [9.17, 15) is 4.79 Å². The van der Waals surface area contributed by atoms with E-state index < -0.39 is 0 Å². The molecule has 6 rings (SSSR count). The largest absolute Gasteiger partial charge is 0.456 e. The second-order valence-corrected chi connectivity index (χ2v) is 12.5. The molecule has 2 bridgehead atoms. The van der Waals surface area contributed by atoms with Crippen LogP contribution in [0.25, 0.3) is 17.4 Å². The monoisotopic (exact) mass is 542 g/mol. The number of fused-ring (bicyclic) bond motifs is 2. The summed E-state index contributed by atoms with van der Waals surface area (Å²) in [6, 6.07) is 10.1. The standard InChI is InChI=1S/C28H31ClN2O3S2/c29-22-7-5-19(6-8-22)24-16-21(2-1-9-30-10-12-33-13-11-30)25(34-24)17-26-27(32)31(28(35)36-26)23-15-18-3-4-20(23)14-18/h5-8,16-18,20,23H,1-4,9-15H2. The molecule has 3 atom stereocenters. The van der Waals surface area contributed by atoms with E-state index in [1.165, 1.54) is 31.0 Å². The molecule has 3 heterocycles. The summed E-state index contributed by atoms with van der Waals surface area (Å²) in [4.78, 5) is 18.5. The molecular weight excluding hydrogens is 512 g/mol. The van der Waals surface area contributed by atoms with Gasteiger partial charge in [0.15, 0.2) is 0 Å². The number of ether oxygens (including phenoxy) is 1. The Hall–Kier alpha value is -1.64. The molecular formula is C28H31ClN2O3S2. The van der Waals surface area contributed by atoms with Crippen LogP contribution in [0, 0.1) is 11.8 Å². The lowest BCUT2D eigenvalue weighted by atomic mass is 9.94. The highest BCUT2D eigenvalue weighted by Gasteiger charge is 2.48. The quantitative estimate of drug-likeness (QED) is 0.304. The van der Waals surface area contributed by atoms with Gasteiger partial charge in [-0.3, -0.25) is 14.6 Å². The predicted octanol–water partition coefficient (Wildman–Crippen LogP) is 6.25. The van der Waals surface area contributed by atoms with Gasteiger partial charge in [0, 0.05) is 35.8 Å². The van der Waals surface area contributed by atoms with Crippen molar-refractivity contribution in [3.63, 3.8) is 0 Å². The predicted molar refractivity (Wildman–Crippen MR) is 149 cm³/mol. The third-order valence-electron chi connectivity index (χ3n) is 8.11. The number of carbonyl (C=O) groups is 1. The van der Waals surface area contributed by atoms with Gasteiger partial charge in [0.2, 0.25) is 0 Å². The van der Waals surface area contributed by atoms with Crippen LogP contribution in [0.5, 0.6) is 0 Å². The fraction of sp³-hybridized carbons (Fsp3) is 0.500. The smallest absolute Gasteiger partial charge is 0.266 e. The van der Waals surface area contributed by atoms with Crippen molar-refractivity contribution in [2.75, 3.05) is 32.8 Å². The number of hydrogen-bond donors (Lipinski definition) is 0. The highest BCUT2D eigenvalue weighted by Crippen LogP contribution is 2.49. The van der Waals surface area contributed by atoms with Gasteiger partial charge in [0.1, 0.15) is 15.8 Å². The van der Waals surface area contributed by atoms with Gasteiger partial charge < -0.3 is 9.15 Å². The molecule has 5 nitrogen and oxygen atoms in total. The lowest BCUT2D eigenvalue weighted by Crippen LogP contribution is -2.41. The maximum Gasteiger partial charge on any atom is 0.266 e. The molecule has 3 unspecified atom stereocenters. The van der Waals surface area contributed by atoms with Crippen molar-refractivity contribution >= 4 is 51.9 Å². The van der Waals surface area contributed by atoms with Crippen LogP contribution in [0.4, 0.5) is 0 Å². The van der Waals surface area contributed by atoms with Crippen LogP contribution >= 0.6 is 35.6 Å². The molecule has 2 saturated carbocycles. The lowest BCUT2D eigenvalue weighted by molar-refractivity contribution is -0.124. The minimum Gasteiger partial charge on any atom is -0.456 e. The fourth-order valence-electron chi connectivity index (χ4n) is 6.25. The highest BCUT2D eigenvalue weighted by molar-refractivity contribution is 8.26. The number of amides is 1. The van der Waals surface area contributed by atoms with Crippen LogP contribution in [0.2, 0.25) is 5.02 Å². The zero-order chi connectivity index (χ0) is 24.6. The summed E-state index contributed by atoms with van der Waals surface area (Å²) in [5.41, 5.74) is 2.10. The summed E-state index contributed by atoms with van der Waals surface area (Å²) < 4.78 is 12.5. The Morgan fingerprint density at radius 3 is 2.67 bits per heavy atom. The van der Waals surface area contributed by atoms with Crippen molar-refractivity contribution in [3.8, 4) is 11.3 Å². The molecule has 4 fully saturated rings. The molecule has 1 aromatic carbocycles. The average molecular weight is 543 g/mol. The number of morpholine rings is 1. The molecule has 2 aliphatic heterocycles. The molecule has 0 N–H and O–H groups in total. The number of aryl methyl sites for hydroxylation is 1. The first kappa shape index (κ1) is 24.7. The number of thioether (sulfide) groups is 1. The van der Waals surface area contributed by atoms with Gasteiger partial charge in [-0.05, 0) is 86.4 Å². The van der Waals surface area contributed by atoms with E-state index in [2.05, 4.69) is 11.0 Å². The van der Waals surface area contributed by atoms with Gasteiger partial charge in [0.05, 0.1) is 18.1 Å². The van der Waals surface area contributed by atoms with Crippen molar-refractivity contribution in [2.45, 2.75) is 44.6 Å². The summed E-state index contributed by atoms with van der Waals surface area (Å²) in [5.74, 6) is 2.97. The van der Waals surface area contributed by atoms with Gasteiger partial charge in [-0.2, -0.15) is 0 Å². The number of thiocarbonyl (C=S) groups is 1. The van der Waals surface area contributed by atoms with E-state index in [0.29, 0.717) is 20.2 Å². The Morgan fingerprint density at radius 1 is 1.14 bits per heavy atom. The second-order valence-electron chi connectivity index (χ2n) is 10.4. The number of hydrogen-bond acceptors (Lipinski definition) is 6. The fourth-order valence-corrected chi connectivity index (χ4v) is 7.72. The molecule has 1 aromatic heterocycles. The van der Waals surface area contributed by atoms with Gasteiger partial charge in [-0.25, -0.2) is 0 Å². The third kappa shape index (κ3) is 5.05. The van der Waals surface area contributed by atoms with E-state index >= 15 is 0 Å². The Kier molecular flexibility index (Phi) is 7.28. The summed E-state index contributed by atoms with van der Waals surface area (Å²) in [5, 5.41) is 0.695. The molecule has 0 spiro atoms. The molecule has 2 aromatic rings. The Morgan fingerprint density at radius 2 is 1.94 bits per heavy atom. The molecule has 2 saturated heterocycles. The summed E-state index contributed by atoms with van der Waals surface area (Å²) in [6.45, 7) is 4.61. The normalized spacial score (nSPS) is 27.6. The van der Waals surface area contributed by atoms with E-state index in [4.69, 9.17) is 33.0 Å².